The molecule has 0 radical (unpaired) electrons. The van der Waals surface area contributed by atoms with E-state index in [1.165, 1.54) is 30.6 Å². The molecule has 92 valence electrons. The molecule has 3 N–H and O–H groups in total. The van der Waals surface area contributed by atoms with E-state index in [1.807, 2.05) is 0 Å². The summed E-state index contributed by atoms with van der Waals surface area (Å²) in [6.07, 6.45) is 2.75. The number of H-pyrrole nitrogens is 1. The van der Waals surface area contributed by atoms with Gasteiger partial charge in [-0.1, -0.05) is 11.6 Å². The summed E-state index contributed by atoms with van der Waals surface area (Å²) in [5.41, 5.74) is 0.415. The van der Waals surface area contributed by atoms with Crippen molar-refractivity contribution in [2.24, 2.45) is 0 Å². The Morgan fingerprint density at radius 1 is 1.39 bits per heavy atom. The minimum absolute atomic E-state index is 0.0701. The molecule has 1 heterocycles. The Bertz CT molecular complexity index is 596. The molecule has 1 aromatic carbocycles. The van der Waals surface area contributed by atoms with E-state index in [0.29, 0.717) is 5.56 Å². The fourth-order valence-electron chi connectivity index (χ4n) is 1.37. The lowest BCUT2D eigenvalue weighted by Crippen LogP contribution is -2.14. The minimum Gasteiger partial charge on any atom is -0.478 e. The molecular weight excluding hydrogens is 258 g/mol. The van der Waals surface area contributed by atoms with Gasteiger partial charge in [0.05, 0.1) is 23.0 Å². The molecule has 0 aliphatic heterocycles. The topological polar surface area (TPSA) is 95.1 Å². The van der Waals surface area contributed by atoms with Crippen molar-refractivity contribution in [2.75, 3.05) is 5.32 Å². The van der Waals surface area contributed by atoms with Crippen molar-refractivity contribution in [3.8, 4) is 0 Å². The second kappa shape index (κ2) is 4.89. The summed E-state index contributed by atoms with van der Waals surface area (Å²) in [6, 6.07) is 4.21. The number of hydrogen-bond donors (Lipinski definition) is 3. The van der Waals surface area contributed by atoms with Gasteiger partial charge in [0.25, 0.3) is 5.91 Å². The van der Waals surface area contributed by atoms with Crippen molar-refractivity contribution < 1.29 is 14.7 Å². The first-order valence-corrected chi connectivity index (χ1v) is 5.28. The monoisotopic (exact) mass is 265 g/mol. The number of amides is 1. The first-order chi connectivity index (χ1) is 8.58. The molecule has 0 saturated heterocycles. The Balaban J connectivity index is 2.29. The van der Waals surface area contributed by atoms with Crippen LogP contribution in [0.25, 0.3) is 0 Å². The second-order valence-electron chi connectivity index (χ2n) is 3.44. The van der Waals surface area contributed by atoms with E-state index in [0.717, 1.165) is 0 Å². The van der Waals surface area contributed by atoms with Crippen LogP contribution in [0.1, 0.15) is 20.7 Å². The predicted molar refractivity (Wildman–Crippen MR) is 65.0 cm³/mol. The van der Waals surface area contributed by atoms with Crippen LogP contribution in [0.4, 0.5) is 5.69 Å². The highest BCUT2D eigenvalue weighted by atomic mass is 35.5. The average molecular weight is 266 g/mol. The van der Waals surface area contributed by atoms with E-state index in [2.05, 4.69) is 15.5 Å². The molecule has 0 unspecified atom stereocenters. The summed E-state index contributed by atoms with van der Waals surface area (Å²) in [4.78, 5) is 22.8. The lowest BCUT2D eigenvalue weighted by atomic mass is 10.1. The first-order valence-electron chi connectivity index (χ1n) is 4.91. The van der Waals surface area contributed by atoms with Crippen molar-refractivity contribution in [1.82, 2.24) is 10.2 Å². The van der Waals surface area contributed by atoms with E-state index in [-0.39, 0.29) is 16.3 Å². The molecule has 2 rings (SSSR count). The average Bonchev–Trinajstić information content (AvgIpc) is 2.84. The Hall–Kier alpha value is -2.34. The molecule has 0 atom stereocenters. The number of aromatic nitrogens is 2. The maximum absolute atomic E-state index is 11.7. The van der Waals surface area contributed by atoms with Crippen molar-refractivity contribution in [3.63, 3.8) is 0 Å². The highest BCUT2D eigenvalue weighted by Gasteiger charge is 2.14. The molecule has 0 aliphatic carbocycles. The summed E-state index contributed by atoms with van der Waals surface area (Å²) >= 11 is 5.71. The van der Waals surface area contributed by atoms with E-state index < -0.39 is 11.9 Å². The van der Waals surface area contributed by atoms with Crippen LogP contribution >= 0.6 is 11.6 Å². The van der Waals surface area contributed by atoms with Crippen molar-refractivity contribution in [2.45, 2.75) is 0 Å². The van der Waals surface area contributed by atoms with E-state index in [9.17, 15) is 9.59 Å². The van der Waals surface area contributed by atoms with Crippen LogP contribution in [0.3, 0.4) is 0 Å². The van der Waals surface area contributed by atoms with Crippen LogP contribution < -0.4 is 5.32 Å². The number of carbonyl (C=O) groups excluding carboxylic acids is 1. The maximum Gasteiger partial charge on any atom is 0.337 e. The Labute approximate surface area is 107 Å². The van der Waals surface area contributed by atoms with Crippen LogP contribution in [0.5, 0.6) is 0 Å². The Morgan fingerprint density at radius 2 is 2.17 bits per heavy atom. The number of nitrogens with one attached hydrogen (secondary N) is 2. The van der Waals surface area contributed by atoms with Gasteiger partial charge in [0.15, 0.2) is 0 Å². The number of nitrogens with zero attached hydrogens (tertiary/aromatic N) is 1. The third kappa shape index (κ3) is 2.49. The van der Waals surface area contributed by atoms with Gasteiger partial charge in [0.2, 0.25) is 0 Å². The van der Waals surface area contributed by atoms with E-state index in [1.54, 1.807) is 0 Å². The highest BCUT2D eigenvalue weighted by Crippen LogP contribution is 2.21. The predicted octanol–water partition coefficient (Wildman–Crippen LogP) is 2.01. The molecular formula is C11H8ClN3O3. The number of anilines is 1. The SMILES string of the molecule is O=C(Nc1ccc(Cl)cc1C(=O)O)c1cn[nH]c1. The van der Waals surface area contributed by atoms with E-state index in [4.69, 9.17) is 16.7 Å². The number of halogens is 1. The third-order valence-corrected chi connectivity index (χ3v) is 2.46. The highest BCUT2D eigenvalue weighted by molar-refractivity contribution is 6.31. The van der Waals surface area contributed by atoms with Gasteiger partial charge in [-0.2, -0.15) is 5.10 Å². The van der Waals surface area contributed by atoms with Crippen molar-refractivity contribution in [1.29, 1.82) is 0 Å². The zero-order valence-electron chi connectivity index (χ0n) is 8.98. The first kappa shape index (κ1) is 12.1. The summed E-state index contributed by atoms with van der Waals surface area (Å²) in [6.45, 7) is 0. The van der Waals surface area contributed by atoms with E-state index >= 15 is 0 Å². The van der Waals surface area contributed by atoms with Gasteiger partial charge in [0.1, 0.15) is 0 Å². The molecule has 2 aromatic rings. The van der Waals surface area contributed by atoms with Crippen LogP contribution in [-0.4, -0.2) is 27.2 Å². The molecule has 0 fully saturated rings. The quantitative estimate of drug-likeness (QED) is 0.791. The molecule has 7 heteroatoms. The lowest BCUT2D eigenvalue weighted by Gasteiger charge is -2.07. The van der Waals surface area contributed by atoms with Gasteiger partial charge in [0, 0.05) is 11.2 Å². The summed E-state index contributed by atoms with van der Waals surface area (Å²) in [5.74, 6) is -1.62. The molecule has 1 aromatic heterocycles. The van der Waals surface area contributed by atoms with Crippen molar-refractivity contribution in [3.05, 3.63) is 46.7 Å². The third-order valence-electron chi connectivity index (χ3n) is 2.22. The van der Waals surface area contributed by atoms with Crippen molar-refractivity contribution >= 4 is 29.2 Å². The molecule has 0 saturated carbocycles. The number of aromatic amines is 1. The molecule has 0 bridgehead atoms. The molecule has 1 amide bonds. The molecule has 0 aliphatic rings. The molecule has 18 heavy (non-hydrogen) atoms. The zero-order chi connectivity index (χ0) is 13.1. The number of hydrogen-bond acceptors (Lipinski definition) is 3. The van der Waals surface area contributed by atoms with Gasteiger partial charge >= 0.3 is 5.97 Å². The van der Waals surface area contributed by atoms with Gasteiger partial charge in [-0.25, -0.2) is 4.79 Å². The largest absolute Gasteiger partial charge is 0.478 e. The number of carboxylic acid groups (broad SMARTS) is 1. The van der Waals surface area contributed by atoms with Gasteiger partial charge < -0.3 is 10.4 Å². The lowest BCUT2D eigenvalue weighted by molar-refractivity contribution is 0.0698. The number of aromatic carboxylic acids is 1. The Morgan fingerprint density at radius 3 is 2.78 bits per heavy atom. The number of carbonyl (C=O) groups is 2. The zero-order valence-corrected chi connectivity index (χ0v) is 9.73. The number of rotatable bonds is 3. The summed E-state index contributed by atoms with van der Waals surface area (Å²) in [7, 11) is 0. The van der Waals surface area contributed by atoms with Gasteiger partial charge in [-0.15, -0.1) is 0 Å². The maximum atomic E-state index is 11.7. The van der Waals surface area contributed by atoms with Crippen LogP contribution in [0, 0.1) is 0 Å². The van der Waals surface area contributed by atoms with Crippen LogP contribution in [0.2, 0.25) is 5.02 Å². The van der Waals surface area contributed by atoms with Gasteiger partial charge in [-0.3, -0.25) is 9.89 Å². The summed E-state index contributed by atoms with van der Waals surface area (Å²) < 4.78 is 0. The summed E-state index contributed by atoms with van der Waals surface area (Å²) in [5, 5.41) is 17.9. The normalized spacial score (nSPS) is 10.1. The molecule has 6 nitrogen and oxygen atoms in total. The van der Waals surface area contributed by atoms with Crippen LogP contribution in [0.15, 0.2) is 30.6 Å². The minimum atomic E-state index is -1.17. The Kier molecular flexibility index (Phi) is 3.29. The fraction of sp³-hybridized carbons (Fsp3) is 0. The second-order valence-corrected chi connectivity index (χ2v) is 3.87. The number of carboxylic acids is 1. The van der Waals surface area contributed by atoms with Gasteiger partial charge in [-0.05, 0) is 18.2 Å². The fourth-order valence-corrected chi connectivity index (χ4v) is 1.54. The number of benzene rings is 1. The van der Waals surface area contributed by atoms with Crippen LogP contribution in [-0.2, 0) is 0 Å². The molecule has 0 spiro atoms. The smallest absolute Gasteiger partial charge is 0.337 e. The standard InChI is InChI=1S/C11H8ClN3O3/c12-7-1-2-9(8(3-7)11(17)18)15-10(16)6-4-13-14-5-6/h1-5H,(H,13,14)(H,15,16)(H,17,18).